The molecule has 0 fully saturated rings. The van der Waals surface area contributed by atoms with Gasteiger partial charge in [0.25, 0.3) is 0 Å². The van der Waals surface area contributed by atoms with Gasteiger partial charge in [-0.15, -0.1) is 0 Å². The molecular formula is C27H27N3O3. The number of ether oxygens (including phenoxy) is 1. The summed E-state index contributed by atoms with van der Waals surface area (Å²) in [4.78, 5) is 29.3. The second kappa shape index (κ2) is 9.61. The Kier molecular flexibility index (Phi) is 6.45. The maximum Gasteiger partial charge on any atom is 0.224 e. The summed E-state index contributed by atoms with van der Waals surface area (Å²) >= 11 is 0. The van der Waals surface area contributed by atoms with Crippen LogP contribution in [0.1, 0.15) is 18.9 Å². The Morgan fingerprint density at radius 2 is 1.67 bits per heavy atom. The molecule has 6 nitrogen and oxygen atoms in total. The number of carbonyl (C=O) groups is 2. The lowest BCUT2D eigenvalue weighted by Crippen LogP contribution is -2.22. The topological polar surface area (TPSA) is 74.4 Å². The van der Waals surface area contributed by atoms with Crippen LogP contribution in [-0.2, 0) is 16.0 Å². The standard InChI is InChI=1S/C27H27N3O3/c1-18(31)30(2)21-12-10-20(11-13-21)28-26(32)17-16-24-23-6-4-5-7-25(23)29-27(24)19-8-14-22(33-3)15-9-19/h4-15,29H,16-17H2,1-3H3,(H,28,32). The van der Waals surface area contributed by atoms with E-state index in [1.165, 1.54) is 6.92 Å². The van der Waals surface area contributed by atoms with Crippen molar-refractivity contribution in [2.75, 3.05) is 24.4 Å². The van der Waals surface area contributed by atoms with E-state index < -0.39 is 0 Å². The molecule has 6 heteroatoms. The molecule has 3 aromatic carbocycles. The van der Waals surface area contributed by atoms with Crippen LogP contribution in [0.3, 0.4) is 0 Å². The molecule has 4 rings (SSSR count). The first-order chi connectivity index (χ1) is 16.0. The van der Waals surface area contributed by atoms with E-state index in [0.717, 1.165) is 39.2 Å². The number of hydrogen-bond donors (Lipinski definition) is 2. The smallest absolute Gasteiger partial charge is 0.224 e. The molecule has 1 heterocycles. The van der Waals surface area contributed by atoms with E-state index in [1.807, 2.05) is 54.6 Å². The Bertz CT molecular complexity index is 1270. The number of aromatic amines is 1. The molecule has 2 N–H and O–H groups in total. The number of para-hydroxylation sites is 1. The molecule has 0 radical (unpaired) electrons. The number of rotatable bonds is 7. The minimum Gasteiger partial charge on any atom is -0.497 e. The second-order valence-electron chi connectivity index (χ2n) is 7.93. The molecule has 0 saturated heterocycles. The fourth-order valence-electron chi connectivity index (χ4n) is 3.88. The first kappa shape index (κ1) is 22.1. The van der Waals surface area contributed by atoms with Gasteiger partial charge in [-0.05, 0) is 72.1 Å². The lowest BCUT2D eigenvalue weighted by atomic mass is 10.0. The van der Waals surface area contributed by atoms with Gasteiger partial charge in [-0.25, -0.2) is 0 Å². The maximum absolute atomic E-state index is 12.7. The molecule has 0 aliphatic heterocycles. The summed E-state index contributed by atoms with van der Waals surface area (Å²) in [5.74, 6) is 0.697. The number of aromatic nitrogens is 1. The predicted octanol–water partition coefficient (Wildman–Crippen LogP) is 5.40. The van der Waals surface area contributed by atoms with E-state index in [2.05, 4.69) is 16.4 Å². The van der Waals surface area contributed by atoms with Gasteiger partial charge in [0.2, 0.25) is 11.8 Å². The van der Waals surface area contributed by atoms with E-state index in [9.17, 15) is 9.59 Å². The summed E-state index contributed by atoms with van der Waals surface area (Å²) in [6.45, 7) is 1.51. The molecule has 168 valence electrons. The number of methoxy groups -OCH3 is 1. The Morgan fingerprint density at radius 1 is 0.970 bits per heavy atom. The van der Waals surface area contributed by atoms with Crippen LogP contribution in [0.5, 0.6) is 5.75 Å². The first-order valence-corrected chi connectivity index (χ1v) is 10.8. The number of nitrogens with zero attached hydrogens (tertiary/aromatic N) is 1. The summed E-state index contributed by atoms with van der Waals surface area (Å²) in [5, 5.41) is 4.07. The van der Waals surface area contributed by atoms with Crippen LogP contribution in [0.4, 0.5) is 11.4 Å². The number of hydrogen-bond acceptors (Lipinski definition) is 3. The van der Waals surface area contributed by atoms with E-state index in [1.54, 1.807) is 31.2 Å². The molecule has 0 atom stereocenters. The van der Waals surface area contributed by atoms with Crippen LogP contribution in [-0.4, -0.2) is 31.0 Å². The molecule has 0 bridgehead atoms. The highest BCUT2D eigenvalue weighted by atomic mass is 16.5. The summed E-state index contributed by atoms with van der Waals surface area (Å²) in [6, 6.07) is 23.3. The fourth-order valence-corrected chi connectivity index (χ4v) is 3.88. The molecule has 0 spiro atoms. The van der Waals surface area contributed by atoms with Crippen molar-refractivity contribution < 1.29 is 14.3 Å². The van der Waals surface area contributed by atoms with Crippen molar-refractivity contribution in [2.24, 2.45) is 0 Å². The summed E-state index contributed by atoms with van der Waals surface area (Å²) in [5.41, 5.74) is 5.71. The number of aryl methyl sites for hydroxylation is 1. The van der Waals surface area contributed by atoms with Crippen molar-refractivity contribution >= 4 is 34.1 Å². The predicted molar refractivity (Wildman–Crippen MR) is 133 cm³/mol. The third-order valence-electron chi connectivity index (χ3n) is 5.81. The van der Waals surface area contributed by atoms with Crippen molar-refractivity contribution in [3.8, 4) is 17.0 Å². The van der Waals surface area contributed by atoms with E-state index in [0.29, 0.717) is 18.5 Å². The number of fused-ring (bicyclic) bond motifs is 1. The van der Waals surface area contributed by atoms with Crippen molar-refractivity contribution in [2.45, 2.75) is 19.8 Å². The zero-order valence-corrected chi connectivity index (χ0v) is 19.0. The number of amides is 2. The highest BCUT2D eigenvalue weighted by Crippen LogP contribution is 2.32. The highest BCUT2D eigenvalue weighted by Gasteiger charge is 2.15. The maximum atomic E-state index is 12.7. The largest absolute Gasteiger partial charge is 0.497 e. The van der Waals surface area contributed by atoms with E-state index in [-0.39, 0.29) is 11.8 Å². The van der Waals surface area contributed by atoms with Crippen molar-refractivity contribution in [3.05, 3.63) is 78.4 Å². The molecule has 4 aromatic rings. The van der Waals surface area contributed by atoms with Crippen molar-refractivity contribution in [1.82, 2.24) is 4.98 Å². The molecule has 0 aliphatic rings. The highest BCUT2D eigenvalue weighted by molar-refractivity contribution is 5.95. The van der Waals surface area contributed by atoms with Gasteiger partial charge in [0.15, 0.2) is 0 Å². The van der Waals surface area contributed by atoms with Crippen LogP contribution < -0.4 is 15.0 Å². The van der Waals surface area contributed by atoms with Crippen LogP contribution >= 0.6 is 0 Å². The molecule has 2 amide bonds. The van der Waals surface area contributed by atoms with Gasteiger partial charge in [0.05, 0.1) is 7.11 Å². The third-order valence-corrected chi connectivity index (χ3v) is 5.81. The number of anilines is 2. The monoisotopic (exact) mass is 441 g/mol. The molecule has 0 saturated carbocycles. The Morgan fingerprint density at radius 3 is 2.33 bits per heavy atom. The zero-order valence-electron chi connectivity index (χ0n) is 19.0. The van der Waals surface area contributed by atoms with Gasteiger partial charge in [-0.3, -0.25) is 9.59 Å². The van der Waals surface area contributed by atoms with Gasteiger partial charge >= 0.3 is 0 Å². The van der Waals surface area contributed by atoms with E-state index in [4.69, 9.17) is 4.74 Å². The lowest BCUT2D eigenvalue weighted by molar-refractivity contribution is -0.117. The third kappa shape index (κ3) is 4.90. The van der Waals surface area contributed by atoms with Crippen molar-refractivity contribution in [3.63, 3.8) is 0 Å². The van der Waals surface area contributed by atoms with Gasteiger partial charge < -0.3 is 19.9 Å². The SMILES string of the molecule is COc1ccc(-c2[nH]c3ccccc3c2CCC(=O)Nc2ccc(N(C)C(C)=O)cc2)cc1. The van der Waals surface area contributed by atoms with Gasteiger partial charge in [0.1, 0.15) is 5.75 Å². The zero-order chi connectivity index (χ0) is 23.4. The van der Waals surface area contributed by atoms with Crippen LogP contribution in [0.25, 0.3) is 22.2 Å². The fraction of sp³-hybridized carbons (Fsp3) is 0.185. The molecule has 0 unspecified atom stereocenters. The van der Waals surface area contributed by atoms with E-state index >= 15 is 0 Å². The minimum absolute atomic E-state index is 0.0434. The lowest BCUT2D eigenvalue weighted by Gasteiger charge is -2.15. The van der Waals surface area contributed by atoms with Crippen LogP contribution in [0.2, 0.25) is 0 Å². The van der Waals surface area contributed by atoms with Crippen molar-refractivity contribution in [1.29, 1.82) is 0 Å². The average Bonchev–Trinajstić information content (AvgIpc) is 3.21. The number of nitrogens with one attached hydrogen (secondary N) is 2. The number of H-pyrrole nitrogens is 1. The Balaban J connectivity index is 1.50. The minimum atomic E-state index is -0.0614. The first-order valence-electron chi connectivity index (χ1n) is 10.8. The van der Waals surface area contributed by atoms with Crippen LogP contribution in [0.15, 0.2) is 72.8 Å². The molecule has 33 heavy (non-hydrogen) atoms. The summed E-state index contributed by atoms with van der Waals surface area (Å²) in [6.07, 6.45) is 0.947. The van der Waals surface area contributed by atoms with Crippen LogP contribution in [0, 0.1) is 0 Å². The quantitative estimate of drug-likeness (QED) is 0.403. The van der Waals surface area contributed by atoms with Gasteiger partial charge in [-0.2, -0.15) is 0 Å². The molecule has 0 aliphatic carbocycles. The summed E-state index contributed by atoms with van der Waals surface area (Å²) < 4.78 is 5.28. The average molecular weight is 442 g/mol. The van der Waals surface area contributed by atoms with Gasteiger partial charge in [0, 0.05) is 48.4 Å². The Labute approximate surface area is 193 Å². The molecular weight excluding hydrogens is 414 g/mol. The number of carbonyl (C=O) groups excluding carboxylic acids is 2. The second-order valence-corrected chi connectivity index (χ2v) is 7.93. The van der Waals surface area contributed by atoms with Gasteiger partial charge in [-0.1, -0.05) is 18.2 Å². The molecule has 1 aromatic heterocycles. The summed E-state index contributed by atoms with van der Waals surface area (Å²) in [7, 11) is 3.37. The normalized spacial score (nSPS) is 10.8. The number of benzene rings is 3. The Hall–Kier alpha value is -4.06.